The molecule has 7 unspecified atom stereocenters. The number of amides is 8. The molecule has 0 radical (unpaired) electrons. The van der Waals surface area contributed by atoms with Gasteiger partial charge < -0.3 is 89.9 Å². The van der Waals surface area contributed by atoms with Crippen LogP contribution in [-0.4, -0.2) is 200 Å². The second-order valence-electron chi connectivity index (χ2n) is 29.7. The first-order valence-corrected chi connectivity index (χ1v) is 45.0. The van der Waals surface area contributed by atoms with Crippen molar-refractivity contribution in [3.8, 4) is 0 Å². The van der Waals surface area contributed by atoms with E-state index in [9.17, 15) is 67.1 Å². The Balaban J connectivity index is -0.0000000735. The Morgan fingerprint density at radius 3 is 1.01 bits per heavy atom. The number of rotatable bonds is 58. The third kappa shape index (κ3) is 116. The molecule has 0 aliphatic rings. The first-order valence-electron chi connectivity index (χ1n) is 45.0. The Hall–Kier alpha value is -11.6. The van der Waals surface area contributed by atoms with Crippen LogP contribution in [0.15, 0.2) is 131 Å². The number of hydrogen-bond acceptors (Lipinski definition) is 24. The van der Waals surface area contributed by atoms with Gasteiger partial charge >= 0.3 is 72.0 Å². The van der Waals surface area contributed by atoms with Crippen molar-refractivity contribution in [1.82, 2.24) is 42.5 Å². The minimum Gasteiger partial charge on any atom is -0.463 e. The van der Waals surface area contributed by atoms with E-state index in [0.717, 1.165) is 120 Å². The average molecular weight is 2040 g/mol. The Labute approximate surface area is 872 Å². The van der Waals surface area contributed by atoms with Gasteiger partial charge in [0, 0.05) is 69.5 Å². The fourth-order valence-corrected chi connectivity index (χ4v) is 8.88. The molecule has 0 aliphatic carbocycles. The molecule has 0 aromatic heterocycles. The van der Waals surface area contributed by atoms with Crippen LogP contribution in [0, 0.1) is 17.8 Å². The summed E-state index contributed by atoms with van der Waals surface area (Å²) in [5.41, 5.74) is 2.18. The summed E-state index contributed by atoms with van der Waals surface area (Å²) in [4.78, 5) is 157. The molecule has 2 aromatic carbocycles. The van der Waals surface area contributed by atoms with E-state index in [1.165, 1.54) is 62.8 Å². The normalized spacial score (nSPS) is 10.4. The molecule has 8 amide bonds. The molecule has 32 nitrogen and oxygen atoms in total. The summed E-state index contributed by atoms with van der Waals surface area (Å²) < 4.78 is 49.4. The van der Waals surface area contributed by atoms with Gasteiger partial charge in [-0.1, -0.05) is 327 Å². The van der Waals surface area contributed by atoms with Crippen molar-refractivity contribution >= 4 is 89.9 Å². The van der Waals surface area contributed by atoms with Crippen LogP contribution in [0.3, 0.4) is 0 Å². The Morgan fingerprint density at radius 1 is 0.308 bits per heavy atom. The predicted molar refractivity (Wildman–Crippen MR) is 599 cm³/mol. The minimum atomic E-state index is -0.684. The second-order valence-corrected chi connectivity index (χ2v) is 29.7. The van der Waals surface area contributed by atoms with E-state index in [0.29, 0.717) is 81.0 Å². The zero-order valence-corrected chi connectivity index (χ0v) is 80.1. The number of carbonyl (C=O) groups excluding carboxylic acids is 14. The highest BCUT2D eigenvalue weighted by atomic mass is 16.6. The number of benzene rings is 2. The number of unbranched alkanes of at least 4 members (excludes halogenated alkanes) is 11. The molecule has 0 saturated heterocycles. The molecular weight excluding hydrogens is 1830 g/mol. The van der Waals surface area contributed by atoms with Crippen LogP contribution in [0.25, 0.3) is 6.08 Å². The molecule has 0 saturated carbocycles. The van der Waals surface area contributed by atoms with Gasteiger partial charge in [0.2, 0.25) is 11.8 Å². The lowest BCUT2D eigenvalue weighted by Gasteiger charge is -2.13. The summed E-state index contributed by atoms with van der Waals surface area (Å²) in [6.45, 7) is 57.6. The van der Waals surface area contributed by atoms with Gasteiger partial charge in [0.1, 0.15) is 45.7 Å². The van der Waals surface area contributed by atoms with Gasteiger partial charge in [0.15, 0.2) is 0 Å². The number of alkyl carbamates (subject to hydrolysis) is 2. The molecule has 2 rings (SSSR count). The molecule has 32 heteroatoms. The number of ether oxygens (including phenoxy) is 10. The maximum atomic E-state index is 12.1. The standard InChI is InChI=1S/C19H35NO3.C17H30N2O6.C17H20O6.C13H16O2.C12H22N2O3.C11H20N2O3.C8H15NO.14CH4/c1-4-17(3)23-19(22)15-13-11-9-7-6-8-10-12-14-16-20-18(21)5-2;1-4-14(3)25-17(22)19-11-9-7-6-8-10-18-16(21)24-13-12-23-15(20)5-2;1-4-12(3)23-17(20)14-9-7-6-8-13(14)16(19)22-11-10-21-15(18)5-2;1-4-10(3)15-13(14)12-8-6-11(5-2)7-9-12;1-5-10(4)8-14-12(16)13-6-7-17-11(15)9(2)3;1-4-9(3)8-13-11(15)12-6-7-16-10(14)5-2;1-4-7(3)6-9-8(10)5-2;;;;;;;;;;;;;;/h5,17H,2,4,6-16H2,1,3H3,(H,20,21);5,14H,2,4,6-13H2,1,3H3,(H,18,21)(H,19,22);5-9,12H,2,4,10-11H2,1,3H3;5-10H,2,4H2,1,3H3;10H,2,5-8H2,1,3-4H3,(H2,13,14,16);5,9H,2,4,6-8H2,1,3H3,(H2,12,13,15);5,7H,2,4,6H2,1,3H3,(H,9,10);14*1H4. The first-order chi connectivity index (χ1) is 61.5. The maximum absolute atomic E-state index is 12.1. The van der Waals surface area contributed by atoms with Gasteiger partial charge in [0.25, 0.3) is 0 Å². The van der Waals surface area contributed by atoms with Crippen LogP contribution in [0.4, 0.5) is 19.2 Å². The quantitative estimate of drug-likeness (QED) is 0.0132. The van der Waals surface area contributed by atoms with Gasteiger partial charge in [-0.25, -0.2) is 52.7 Å². The average Bonchev–Trinajstić information content (AvgIpc) is 0.839. The largest absolute Gasteiger partial charge is 0.463 e. The van der Waals surface area contributed by atoms with Crippen molar-refractivity contribution in [2.45, 2.75) is 367 Å². The van der Waals surface area contributed by atoms with Crippen LogP contribution in [0.5, 0.6) is 0 Å². The lowest BCUT2D eigenvalue weighted by Crippen LogP contribution is -2.39. The SMILES string of the molecule is C.C.C.C.C.C.C.C.C.C.C.C.C.C.C=C(C)C(=O)OCCNC(=O)NCC(C)CC.C=CC(=O)NCC(C)CC.C=CC(=O)NCCCCCCCCCCCC(=O)OC(C)CC.C=CC(=O)OCCNC(=O)NCC(C)CC.C=CC(=O)OCCOC(=O)NCCCCCCNC(=O)OC(C)CC.C=CC(=O)OCCOC(=O)c1ccccc1C(=O)OC(C)CC.C=Cc1ccc(C(=O)OC(C)CC)cc1. The zero-order valence-electron chi connectivity index (χ0n) is 80.1. The second kappa shape index (κ2) is 123. The molecule has 0 fully saturated rings. The summed E-state index contributed by atoms with van der Waals surface area (Å²) in [6, 6.07) is 12.9. The topological polar surface area (TPSA) is 428 Å². The van der Waals surface area contributed by atoms with Crippen molar-refractivity contribution < 1.29 is 114 Å². The van der Waals surface area contributed by atoms with Gasteiger partial charge in [0.05, 0.1) is 48.1 Å². The fourth-order valence-electron chi connectivity index (χ4n) is 8.88. The van der Waals surface area contributed by atoms with Gasteiger partial charge in [-0.3, -0.25) is 14.4 Å². The highest BCUT2D eigenvalue weighted by Gasteiger charge is 2.21. The van der Waals surface area contributed by atoms with E-state index < -0.39 is 41.9 Å². The maximum Gasteiger partial charge on any atom is 0.407 e. The number of nitrogens with one attached hydrogen (secondary N) is 8. The third-order valence-electron chi connectivity index (χ3n) is 18.3. The number of esters is 8. The minimum absolute atomic E-state index is 0. The van der Waals surface area contributed by atoms with E-state index in [-0.39, 0.29) is 221 Å². The Bertz CT molecular complexity index is 3540. The van der Waals surface area contributed by atoms with E-state index in [4.69, 9.17) is 37.9 Å². The van der Waals surface area contributed by atoms with Crippen molar-refractivity contribution in [1.29, 1.82) is 0 Å². The number of urea groups is 2. The number of carbonyl (C=O) groups is 14. The molecule has 0 bridgehead atoms. The summed E-state index contributed by atoms with van der Waals surface area (Å²) in [5.74, 6) is -2.34. The van der Waals surface area contributed by atoms with E-state index in [1.807, 2.05) is 60.6 Å². The van der Waals surface area contributed by atoms with Crippen molar-refractivity contribution in [3.05, 3.63) is 153 Å². The molecule has 0 aliphatic heterocycles. The molecule has 842 valence electrons. The summed E-state index contributed by atoms with van der Waals surface area (Å²) in [5, 5.41) is 21.5. The van der Waals surface area contributed by atoms with Crippen LogP contribution < -0.4 is 42.5 Å². The Morgan fingerprint density at radius 2 is 0.629 bits per heavy atom. The molecule has 143 heavy (non-hydrogen) atoms. The highest BCUT2D eigenvalue weighted by molar-refractivity contribution is 6.03. The van der Waals surface area contributed by atoms with E-state index >= 15 is 0 Å². The fraction of sp³-hybridized carbons (Fsp3) is 0.640. The van der Waals surface area contributed by atoms with Crippen molar-refractivity contribution in [2.24, 2.45) is 17.8 Å². The van der Waals surface area contributed by atoms with Crippen LogP contribution in [0.2, 0.25) is 0 Å². The van der Waals surface area contributed by atoms with Crippen molar-refractivity contribution in [2.75, 3.05) is 92.0 Å². The van der Waals surface area contributed by atoms with Crippen molar-refractivity contribution in [3.63, 3.8) is 0 Å². The zero-order chi connectivity index (χ0) is 98.4. The molecule has 7 atom stereocenters. The molecule has 0 heterocycles. The smallest absolute Gasteiger partial charge is 0.407 e. The van der Waals surface area contributed by atoms with E-state index in [2.05, 4.69) is 140 Å². The predicted octanol–water partition coefficient (Wildman–Crippen LogP) is 25.6. The first kappa shape index (κ1) is 177. The summed E-state index contributed by atoms with van der Waals surface area (Å²) in [6.07, 6.45) is 27.2. The summed E-state index contributed by atoms with van der Waals surface area (Å²) >= 11 is 0. The van der Waals surface area contributed by atoms with Gasteiger partial charge in [-0.2, -0.15) is 0 Å². The van der Waals surface area contributed by atoms with Gasteiger partial charge in [-0.15, -0.1) is 0 Å². The monoisotopic (exact) mass is 2040 g/mol. The highest BCUT2D eigenvalue weighted by Crippen LogP contribution is 2.16. The molecule has 8 N–H and O–H groups in total. The summed E-state index contributed by atoms with van der Waals surface area (Å²) in [7, 11) is 0. The Kier molecular flexibility index (Phi) is 152. The molecule has 0 spiro atoms. The lowest BCUT2D eigenvalue weighted by molar-refractivity contribution is -0.148. The third-order valence-corrected chi connectivity index (χ3v) is 18.3. The van der Waals surface area contributed by atoms with Crippen LogP contribution in [-0.2, 0) is 80.9 Å². The van der Waals surface area contributed by atoms with Gasteiger partial charge in [-0.05, 0) is 146 Å². The molecular formula is C111H214N8O24. The number of hydrogen-bond donors (Lipinski definition) is 8. The van der Waals surface area contributed by atoms with E-state index in [1.54, 1.807) is 44.2 Å². The van der Waals surface area contributed by atoms with Crippen LogP contribution >= 0.6 is 0 Å². The molecule has 2 aromatic rings. The lowest BCUT2D eigenvalue weighted by atomic mass is 10.1. The van der Waals surface area contributed by atoms with Crippen LogP contribution in [0.1, 0.15) is 379 Å².